The number of thiophene rings is 1. The molecule has 2 N–H and O–H groups in total. The second kappa shape index (κ2) is 7.90. The van der Waals surface area contributed by atoms with Crippen molar-refractivity contribution in [1.82, 2.24) is 0 Å². The van der Waals surface area contributed by atoms with E-state index in [1.165, 1.54) is 4.88 Å². The summed E-state index contributed by atoms with van der Waals surface area (Å²) >= 11 is 1.66. The molecule has 0 unspecified atom stereocenters. The van der Waals surface area contributed by atoms with Gasteiger partial charge in [0.15, 0.2) is 5.78 Å². The average Bonchev–Trinajstić information content (AvgIpc) is 3.24. The predicted molar refractivity (Wildman–Crippen MR) is 124 cm³/mol. The van der Waals surface area contributed by atoms with E-state index in [1.54, 1.807) is 18.4 Å². The number of anilines is 1. The van der Waals surface area contributed by atoms with E-state index in [-0.39, 0.29) is 11.2 Å². The molecule has 0 fully saturated rings. The van der Waals surface area contributed by atoms with Crippen molar-refractivity contribution >= 4 is 22.8 Å². The fraction of sp³-hybridized carbons (Fsp3) is 0.360. The molecule has 0 saturated heterocycles. The Morgan fingerprint density at radius 2 is 1.87 bits per heavy atom. The quantitative estimate of drug-likeness (QED) is 0.705. The Morgan fingerprint density at radius 1 is 1.16 bits per heavy atom. The molecule has 160 valence electrons. The van der Waals surface area contributed by atoms with Crippen LogP contribution in [0.2, 0.25) is 0 Å². The highest BCUT2D eigenvalue weighted by Gasteiger charge is 2.41. The van der Waals surface area contributed by atoms with Crippen molar-refractivity contribution in [2.75, 3.05) is 12.0 Å². The lowest BCUT2D eigenvalue weighted by Crippen LogP contribution is -2.38. The first-order chi connectivity index (χ1) is 14.8. The van der Waals surface area contributed by atoms with Crippen molar-refractivity contribution in [3.63, 3.8) is 0 Å². The van der Waals surface area contributed by atoms with Gasteiger partial charge in [-0.2, -0.15) is 5.26 Å². The number of allylic oxidation sites excluding steroid dienone is 3. The summed E-state index contributed by atoms with van der Waals surface area (Å²) in [7, 11) is 1.62. The van der Waals surface area contributed by atoms with Gasteiger partial charge >= 0.3 is 0 Å². The van der Waals surface area contributed by atoms with Crippen LogP contribution < -0.4 is 15.4 Å². The van der Waals surface area contributed by atoms with Crippen LogP contribution in [0.4, 0.5) is 5.69 Å². The minimum Gasteiger partial charge on any atom is -0.497 e. The number of nitrogens with zero attached hydrogens (tertiary/aromatic N) is 2. The van der Waals surface area contributed by atoms with Gasteiger partial charge in [-0.05, 0) is 54.7 Å². The first-order valence-electron chi connectivity index (χ1n) is 10.5. The second-order valence-electron chi connectivity index (χ2n) is 8.97. The molecule has 4 rings (SSSR count). The number of carbonyl (C=O) groups is 1. The van der Waals surface area contributed by atoms with Crippen LogP contribution in [0.15, 0.2) is 59.1 Å². The van der Waals surface area contributed by atoms with Crippen LogP contribution >= 0.6 is 11.3 Å². The first-order valence-corrected chi connectivity index (χ1v) is 11.3. The van der Waals surface area contributed by atoms with E-state index < -0.39 is 5.92 Å². The zero-order valence-electron chi connectivity index (χ0n) is 18.4. The molecule has 0 radical (unpaired) electrons. The summed E-state index contributed by atoms with van der Waals surface area (Å²) in [6.45, 7) is 6.50. The van der Waals surface area contributed by atoms with Crippen LogP contribution in [0, 0.1) is 11.3 Å². The number of methoxy groups -OCH3 is 1. The number of hydrogen-bond acceptors (Lipinski definition) is 6. The monoisotopic (exact) mass is 433 g/mol. The third-order valence-corrected chi connectivity index (χ3v) is 7.47. The number of rotatable bonds is 3. The largest absolute Gasteiger partial charge is 0.497 e. The van der Waals surface area contributed by atoms with E-state index in [0.29, 0.717) is 17.8 Å². The van der Waals surface area contributed by atoms with E-state index in [9.17, 15) is 10.1 Å². The van der Waals surface area contributed by atoms with Gasteiger partial charge in [0, 0.05) is 33.1 Å². The van der Waals surface area contributed by atoms with Crippen molar-refractivity contribution in [2.45, 2.75) is 51.4 Å². The standard InChI is InChI=1S/C25H27N3O2S/c1-25(2,3)21-13-12-20(31-21)22-17(14-26)24(27)28(15-8-10-16(30-4)11-9-15)18-6-5-7-19(29)23(18)22/h8-13,22H,5-7,27H2,1-4H3/t22-/m1/s1. The normalized spacial score (nSPS) is 19.4. The predicted octanol–water partition coefficient (Wildman–Crippen LogP) is 5.36. The van der Waals surface area contributed by atoms with Gasteiger partial charge in [0.1, 0.15) is 11.6 Å². The highest BCUT2D eigenvalue weighted by Crippen LogP contribution is 2.48. The molecular formula is C25H27N3O2S. The lowest BCUT2D eigenvalue weighted by molar-refractivity contribution is -0.116. The molecule has 2 aromatic rings. The topological polar surface area (TPSA) is 79.3 Å². The molecule has 0 bridgehead atoms. The molecule has 6 heteroatoms. The first kappa shape index (κ1) is 21.2. The Hall–Kier alpha value is -3.04. The third kappa shape index (κ3) is 3.64. The molecule has 2 aliphatic rings. The van der Waals surface area contributed by atoms with Gasteiger partial charge in [-0.3, -0.25) is 9.69 Å². The molecule has 31 heavy (non-hydrogen) atoms. The summed E-state index contributed by atoms with van der Waals surface area (Å²) in [6, 6.07) is 14.0. The van der Waals surface area contributed by atoms with Gasteiger partial charge in [0.25, 0.3) is 0 Å². The molecule has 1 aliphatic carbocycles. The average molecular weight is 434 g/mol. The summed E-state index contributed by atoms with van der Waals surface area (Å²) in [5.41, 5.74) is 9.52. The molecule has 1 aliphatic heterocycles. The SMILES string of the molecule is COc1ccc(N2C(N)=C(C#N)[C@H](c3ccc(C(C)(C)C)s3)C3=C2CCCC3=O)cc1. The number of nitrogens with two attached hydrogens (primary N) is 1. The number of Topliss-reactive ketones (excluding diaryl/α,β-unsaturated/α-hetero) is 1. The maximum Gasteiger partial charge on any atom is 0.161 e. The molecule has 1 aromatic carbocycles. The maximum atomic E-state index is 13.2. The molecule has 2 heterocycles. The van der Waals surface area contributed by atoms with Crippen LogP contribution in [0.25, 0.3) is 0 Å². The third-order valence-electron chi connectivity index (χ3n) is 5.89. The maximum absolute atomic E-state index is 13.2. The zero-order valence-corrected chi connectivity index (χ0v) is 19.2. The van der Waals surface area contributed by atoms with Crippen molar-refractivity contribution in [3.05, 3.63) is 68.8 Å². The van der Waals surface area contributed by atoms with Gasteiger partial charge in [-0.1, -0.05) is 20.8 Å². The van der Waals surface area contributed by atoms with Gasteiger partial charge < -0.3 is 10.5 Å². The van der Waals surface area contributed by atoms with Crippen molar-refractivity contribution in [3.8, 4) is 11.8 Å². The van der Waals surface area contributed by atoms with Crippen LogP contribution in [0.3, 0.4) is 0 Å². The van der Waals surface area contributed by atoms with Crippen molar-refractivity contribution < 1.29 is 9.53 Å². The highest BCUT2D eigenvalue weighted by molar-refractivity contribution is 7.12. The molecule has 0 saturated carbocycles. The Labute approximate surface area is 187 Å². The second-order valence-corrected chi connectivity index (χ2v) is 10.1. The minimum absolute atomic E-state index is 0.00254. The van der Waals surface area contributed by atoms with Gasteiger partial charge in [0.05, 0.1) is 24.7 Å². The van der Waals surface area contributed by atoms with E-state index in [2.05, 4.69) is 39.0 Å². The van der Waals surface area contributed by atoms with Crippen molar-refractivity contribution in [1.29, 1.82) is 5.26 Å². The van der Waals surface area contributed by atoms with E-state index in [1.807, 2.05) is 29.2 Å². The minimum atomic E-state index is -0.400. The summed E-state index contributed by atoms with van der Waals surface area (Å²) in [5, 5.41) is 10.1. The van der Waals surface area contributed by atoms with Crippen LogP contribution in [0.1, 0.15) is 55.7 Å². The lowest BCUT2D eigenvalue weighted by Gasteiger charge is -2.39. The Balaban J connectivity index is 1.90. The van der Waals surface area contributed by atoms with Crippen molar-refractivity contribution in [2.24, 2.45) is 5.73 Å². The molecule has 0 amide bonds. The molecular weight excluding hydrogens is 406 g/mol. The van der Waals surface area contributed by atoms with Crippen LogP contribution in [0.5, 0.6) is 5.75 Å². The smallest absolute Gasteiger partial charge is 0.161 e. The summed E-state index contributed by atoms with van der Waals surface area (Å²) in [6.07, 6.45) is 2.03. The number of nitriles is 1. The van der Waals surface area contributed by atoms with Gasteiger partial charge in [-0.25, -0.2) is 0 Å². The van der Waals surface area contributed by atoms with E-state index in [0.717, 1.165) is 40.4 Å². The summed E-state index contributed by atoms with van der Waals surface area (Å²) in [4.78, 5) is 17.3. The number of carbonyl (C=O) groups excluding carboxylic acids is 1. The molecule has 1 aromatic heterocycles. The number of hydrogen-bond donors (Lipinski definition) is 1. The lowest BCUT2D eigenvalue weighted by atomic mass is 9.78. The van der Waals surface area contributed by atoms with Gasteiger partial charge in [-0.15, -0.1) is 11.3 Å². The fourth-order valence-electron chi connectivity index (χ4n) is 4.31. The number of ketones is 1. The highest BCUT2D eigenvalue weighted by atomic mass is 32.1. The van der Waals surface area contributed by atoms with Crippen LogP contribution in [-0.2, 0) is 10.2 Å². The molecule has 5 nitrogen and oxygen atoms in total. The van der Waals surface area contributed by atoms with E-state index in [4.69, 9.17) is 10.5 Å². The summed E-state index contributed by atoms with van der Waals surface area (Å²) in [5.74, 6) is 0.847. The molecule has 0 spiro atoms. The van der Waals surface area contributed by atoms with Crippen LogP contribution in [-0.4, -0.2) is 12.9 Å². The zero-order chi connectivity index (χ0) is 22.3. The number of ether oxygens (including phenoxy) is 1. The Morgan fingerprint density at radius 3 is 2.45 bits per heavy atom. The summed E-state index contributed by atoms with van der Waals surface area (Å²) < 4.78 is 5.28. The Bertz CT molecular complexity index is 1130. The van der Waals surface area contributed by atoms with E-state index >= 15 is 0 Å². The Kier molecular flexibility index (Phi) is 5.40. The fourth-order valence-corrected chi connectivity index (χ4v) is 5.49. The number of benzene rings is 1. The van der Waals surface area contributed by atoms with Gasteiger partial charge in [0.2, 0.25) is 0 Å². The molecule has 1 atom stereocenters.